The molecular weight excluding hydrogens is 244 g/mol. The Bertz CT molecular complexity index is 490. The first-order valence-electron chi connectivity index (χ1n) is 6.06. The maximum absolute atomic E-state index is 4.81. The van der Waals surface area contributed by atoms with Crippen LogP contribution in [0, 0.1) is 0 Å². The molecule has 0 bridgehead atoms. The molecule has 2 aromatic heterocycles. The summed E-state index contributed by atoms with van der Waals surface area (Å²) >= 11 is 0. The Kier molecular flexibility index (Phi) is 4.54. The van der Waals surface area contributed by atoms with E-state index >= 15 is 0 Å². The van der Waals surface area contributed by atoms with Crippen LogP contribution in [-0.2, 0) is 13.1 Å². The second-order valence-corrected chi connectivity index (χ2v) is 4.12. The van der Waals surface area contributed by atoms with Crippen molar-refractivity contribution in [1.29, 1.82) is 0 Å². The highest BCUT2D eigenvalue weighted by molar-refractivity contribution is 5.79. The van der Waals surface area contributed by atoms with Gasteiger partial charge in [-0.25, -0.2) is 4.98 Å². The van der Waals surface area contributed by atoms with Crippen molar-refractivity contribution < 1.29 is 4.52 Å². The van der Waals surface area contributed by atoms with Crippen LogP contribution in [0.5, 0.6) is 0 Å². The standard InChI is InChI=1S/C12H18N6O/c1-13-12(15-5-7-18-6-4-14-10-18)17(2)9-11-3-8-19-16-11/h3-4,6,8,10H,5,7,9H2,1-2H3,(H,13,15). The predicted molar refractivity (Wildman–Crippen MR) is 71.6 cm³/mol. The van der Waals surface area contributed by atoms with Crippen molar-refractivity contribution in [3.63, 3.8) is 0 Å². The molecule has 0 radical (unpaired) electrons. The first-order chi connectivity index (χ1) is 9.29. The molecule has 0 saturated carbocycles. The largest absolute Gasteiger partial charge is 0.364 e. The van der Waals surface area contributed by atoms with Crippen molar-refractivity contribution in [3.8, 4) is 0 Å². The highest BCUT2D eigenvalue weighted by Crippen LogP contribution is 1.99. The molecule has 1 N–H and O–H groups in total. The SMILES string of the molecule is CN=C(NCCn1ccnc1)N(C)Cc1ccon1. The molecule has 0 atom stereocenters. The van der Waals surface area contributed by atoms with Gasteiger partial charge in [-0.15, -0.1) is 0 Å². The molecule has 0 aliphatic carbocycles. The minimum Gasteiger partial charge on any atom is -0.364 e. The van der Waals surface area contributed by atoms with Gasteiger partial charge in [0.25, 0.3) is 0 Å². The number of guanidine groups is 1. The lowest BCUT2D eigenvalue weighted by atomic mass is 10.4. The smallest absolute Gasteiger partial charge is 0.193 e. The third-order valence-electron chi connectivity index (χ3n) is 2.68. The summed E-state index contributed by atoms with van der Waals surface area (Å²) in [5.41, 5.74) is 0.875. The Morgan fingerprint density at radius 3 is 3.11 bits per heavy atom. The monoisotopic (exact) mass is 262 g/mol. The van der Waals surface area contributed by atoms with Crippen molar-refractivity contribution in [1.82, 2.24) is 24.9 Å². The lowest BCUT2D eigenvalue weighted by molar-refractivity contribution is 0.391. The summed E-state index contributed by atoms with van der Waals surface area (Å²) in [5, 5.41) is 7.17. The zero-order chi connectivity index (χ0) is 13.5. The van der Waals surface area contributed by atoms with Crippen molar-refractivity contribution in [2.24, 2.45) is 4.99 Å². The van der Waals surface area contributed by atoms with Gasteiger partial charge >= 0.3 is 0 Å². The topological polar surface area (TPSA) is 71.5 Å². The lowest BCUT2D eigenvalue weighted by Crippen LogP contribution is -2.39. The average molecular weight is 262 g/mol. The minimum atomic E-state index is 0.654. The van der Waals surface area contributed by atoms with Crippen LogP contribution in [0.25, 0.3) is 0 Å². The number of rotatable bonds is 5. The molecule has 0 saturated heterocycles. The van der Waals surface area contributed by atoms with Gasteiger partial charge in [0.05, 0.1) is 12.9 Å². The number of hydrogen-bond donors (Lipinski definition) is 1. The number of aliphatic imine (C=N–C) groups is 1. The van der Waals surface area contributed by atoms with Gasteiger partial charge in [0, 0.05) is 45.6 Å². The van der Waals surface area contributed by atoms with Crippen molar-refractivity contribution in [3.05, 3.63) is 36.7 Å². The van der Waals surface area contributed by atoms with Crippen LogP contribution in [-0.4, -0.2) is 46.2 Å². The van der Waals surface area contributed by atoms with Crippen LogP contribution in [0.15, 0.2) is 40.6 Å². The van der Waals surface area contributed by atoms with Crippen LogP contribution >= 0.6 is 0 Å². The van der Waals surface area contributed by atoms with Gasteiger partial charge in [-0.1, -0.05) is 5.16 Å². The zero-order valence-electron chi connectivity index (χ0n) is 11.2. The summed E-state index contributed by atoms with van der Waals surface area (Å²) < 4.78 is 6.82. The molecule has 0 amide bonds. The molecule has 2 aromatic rings. The van der Waals surface area contributed by atoms with Crippen molar-refractivity contribution in [2.45, 2.75) is 13.1 Å². The van der Waals surface area contributed by atoms with E-state index in [0.29, 0.717) is 6.54 Å². The molecule has 2 heterocycles. The number of imidazole rings is 1. The summed E-state index contributed by atoms with van der Waals surface area (Å²) in [6.07, 6.45) is 7.07. The van der Waals surface area contributed by atoms with Gasteiger partial charge < -0.3 is 19.3 Å². The first-order valence-corrected chi connectivity index (χ1v) is 6.06. The summed E-state index contributed by atoms with van der Waals surface area (Å²) in [4.78, 5) is 10.2. The number of nitrogens with one attached hydrogen (secondary N) is 1. The van der Waals surface area contributed by atoms with Gasteiger partial charge in [0.2, 0.25) is 0 Å². The third kappa shape index (κ3) is 3.84. The molecule has 0 fully saturated rings. The number of hydrogen-bond acceptors (Lipinski definition) is 4. The molecular formula is C12H18N6O. The molecule has 2 rings (SSSR count). The van der Waals surface area contributed by atoms with Crippen LogP contribution in [0.2, 0.25) is 0 Å². The van der Waals surface area contributed by atoms with Crippen molar-refractivity contribution >= 4 is 5.96 Å². The highest BCUT2D eigenvalue weighted by Gasteiger charge is 2.07. The maximum atomic E-state index is 4.81. The predicted octanol–water partition coefficient (Wildman–Crippen LogP) is 0.578. The Morgan fingerprint density at radius 1 is 1.58 bits per heavy atom. The Balaban J connectivity index is 1.79. The van der Waals surface area contributed by atoms with E-state index in [4.69, 9.17) is 4.52 Å². The zero-order valence-corrected chi connectivity index (χ0v) is 11.2. The van der Waals surface area contributed by atoms with E-state index in [9.17, 15) is 0 Å². The molecule has 0 spiro atoms. The Morgan fingerprint density at radius 2 is 2.47 bits per heavy atom. The van der Waals surface area contributed by atoms with E-state index in [0.717, 1.165) is 24.7 Å². The normalized spacial score (nSPS) is 11.6. The van der Waals surface area contributed by atoms with Gasteiger partial charge in [-0.3, -0.25) is 4.99 Å². The van der Waals surface area contributed by atoms with E-state index in [-0.39, 0.29) is 0 Å². The van der Waals surface area contributed by atoms with Gasteiger partial charge in [-0.05, 0) is 0 Å². The molecule has 0 aliphatic heterocycles. The second kappa shape index (κ2) is 6.58. The van der Waals surface area contributed by atoms with Crippen LogP contribution in [0.4, 0.5) is 0 Å². The molecule has 7 heteroatoms. The third-order valence-corrected chi connectivity index (χ3v) is 2.68. The molecule has 19 heavy (non-hydrogen) atoms. The number of aromatic nitrogens is 3. The summed E-state index contributed by atoms with van der Waals surface area (Å²) in [6.45, 7) is 2.28. The lowest BCUT2D eigenvalue weighted by Gasteiger charge is -2.20. The van der Waals surface area contributed by atoms with Gasteiger partial charge in [-0.2, -0.15) is 0 Å². The van der Waals surface area contributed by atoms with Crippen LogP contribution in [0.1, 0.15) is 5.69 Å². The van der Waals surface area contributed by atoms with Gasteiger partial charge in [0.15, 0.2) is 5.96 Å². The van der Waals surface area contributed by atoms with Gasteiger partial charge in [0.1, 0.15) is 12.0 Å². The van der Waals surface area contributed by atoms with Crippen molar-refractivity contribution in [2.75, 3.05) is 20.6 Å². The fraction of sp³-hybridized carbons (Fsp3) is 0.417. The first kappa shape index (κ1) is 13.1. The summed E-state index contributed by atoms with van der Waals surface area (Å²) in [5.74, 6) is 0.822. The van der Waals surface area contributed by atoms with E-state index in [1.54, 1.807) is 25.8 Å². The van der Waals surface area contributed by atoms with E-state index in [1.165, 1.54) is 0 Å². The van der Waals surface area contributed by atoms with E-state index in [1.807, 2.05) is 28.8 Å². The molecule has 7 nitrogen and oxygen atoms in total. The number of nitrogens with zero attached hydrogens (tertiary/aromatic N) is 5. The maximum Gasteiger partial charge on any atom is 0.193 e. The fourth-order valence-electron chi connectivity index (χ4n) is 1.74. The average Bonchev–Trinajstić information content (AvgIpc) is 3.07. The van der Waals surface area contributed by atoms with E-state index in [2.05, 4.69) is 20.4 Å². The fourth-order valence-corrected chi connectivity index (χ4v) is 1.74. The quantitative estimate of drug-likeness (QED) is 0.630. The Labute approximate surface area is 111 Å². The summed E-state index contributed by atoms with van der Waals surface area (Å²) in [7, 11) is 3.72. The van der Waals surface area contributed by atoms with E-state index < -0.39 is 0 Å². The highest BCUT2D eigenvalue weighted by atomic mass is 16.5. The molecule has 0 unspecified atom stereocenters. The van der Waals surface area contributed by atoms with Crippen LogP contribution < -0.4 is 5.32 Å². The molecule has 102 valence electrons. The van der Waals surface area contributed by atoms with Crippen LogP contribution in [0.3, 0.4) is 0 Å². The minimum absolute atomic E-state index is 0.654. The molecule has 0 aromatic carbocycles. The second-order valence-electron chi connectivity index (χ2n) is 4.12. The Hall–Kier alpha value is -2.31. The molecule has 0 aliphatic rings. The summed E-state index contributed by atoms with van der Waals surface area (Å²) in [6, 6.07) is 1.84.